The zero-order valence-electron chi connectivity index (χ0n) is 28.9. The first-order chi connectivity index (χ1) is 24.0. The summed E-state index contributed by atoms with van der Waals surface area (Å²) >= 11 is 0. The molecule has 0 aliphatic carbocycles. The Kier molecular flexibility index (Phi) is 10.6. The maximum Gasteiger partial charge on any atom is 0.256 e. The first kappa shape index (κ1) is 35.5. The lowest BCUT2D eigenvalue weighted by Crippen LogP contribution is -2.75. The first-order valence-electron chi connectivity index (χ1n) is 16.6. The summed E-state index contributed by atoms with van der Waals surface area (Å²) < 4.78 is 14.7. The van der Waals surface area contributed by atoms with Crippen LogP contribution >= 0.6 is 0 Å². The number of imidazole rings is 1. The number of amides is 1. The van der Waals surface area contributed by atoms with Crippen molar-refractivity contribution in [3.63, 3.8) is 0 Å². The Bertz CT molecular complexity index is 1830. The van der Waals surface area contributed by atoms with Crippen LogP contribution in [0.3, 0.4) is 0 Å². The maximum atomic E-state index is 13.0. The van der Waals surface area contributed by atoms with Gasteiger partial charge in [0.2, 0.25) is 0 Å². The van der Waals surface area contributed by atoms with Gasteiger partial charge in [-0.05, 0) is 17.2 Å². The van der Waals surface area contributed by atoms with E-state index in [9.17, 15) is 15.0 Å². The number of benzene rings is 3. The Morgan fingerprint density at radius 2 is 1.54 bits per heavy atom. The van der Waals surface area contributed by atoms with E-state index in [1.165, 1.54) is 12.7 Å². The Labute approximate surface area is 292 Å². The van der Waals surface area contributed by atoms with Gasteiger partial charge in [-0.3, -0.25) is 14.2 Å². The number of anilines is 1. The van der Waals surface area contributed by atoms with E-state index < -0.39 is 43.4 Å². The molecule has 3 heterocycles. The lowest BCUT2D eigenvalue weighted by molar-refractivity contribution is -0.150. The molecule has 13 heteroatoms. The zero-order chi connectivity index (χ0) is 35.5. The fourth-order valence-corrected chi connectivity index (χ4v) is 13.0. The summed E-state index contributed by atoms with van der Waals surface area (Å²) in [5, 5.41) is 31.0. The maximum absolute atomic E-state index is 13.0. The number of aliphatic hydroxyl groups is 2. The molecule has 6 rings (SSSR count). The number of fused-ring (bicyclic) bond motifs is 1. The minimum atomic E-state index is -3.18. The molecule has 5 atom stereocenters. The third kappa shape index (κ3) is 6.73. The average molecular weight is 697 g/mol. The fraction of sp³-hybridized carbons (Fsp3) is 0.351. The van der Waals surface area contributed by atoms with Crippen LogP contribution in [0.1, 0.15) is 37.4 Å². The summed E-state index contributed by atoms with van der Waals surface area (Å²) in [4.78, 5) is 31.9. The van der Waals surface area contributed by atoms with E-state index in [1.807, 2.05) is 42.5 Å². The van der Waals surface area contributed by atoms with Gasteiger partial charge in [0.25, 0.3) is 5.91 Å². The van der Waals surface area contributed by atoms with Gasteiger partial charge < -0.3 is 25.0 Å². The number of nitrogens with one attached hydrogen (secondary N) is 1. The van der Waals surface area contributed by atoms with Gasteiger partial charge in [-0.1, -0.05) is 110 Å². The van der Waals surface area contributed by atoms with Gasteiger partial charge in [0, 0.05) is 19.7 Å². The highest BCUT2D eigenvalue weighted by Crippen LogP contribution is 2.44. The van der Waals surface area contributed by atoms with Gasteiger partial charge in [0.05, 0.1) is 25.3 Å². The summed E-state index contributed by atoms with van der Waals surface area (Å²) in [6.45, 7) is 6.79. The molecule has 5 aromatic rings. The van der Waals surface area contributed by atoms with Crippen molar-refractivity contribution in [2.45, 2.75) is 56.1 Å². The third-order valence-electron chi connectivity index (χ3n) is 9.29. The van der Waals surface area contributed by atoms with Crippen LogP contribution in [0.2, 0.25) is 5.04 Å². The normalized spacial score (nSPS) is 20.3. The van der Waals surface area contributed by atoms with Gasteiger partial charge in [-0.25, -0.2) is 15.0 Å². The lowest BCUT2D eigenvalue weighted by atomic mass is 10.1. The van der Waals surface area contributed by atoms with Gasteiger partial charge in [0.15, 0.2) is 31.3 Å². The fourth-order valence-electron chi connectivity index (χ4n) is 7.11. The first-order valence-corrected chi connectivity index (χ1v) is 18.7. The topological polar surface area (TPSA) is 144 Å². The average Bonchev–Trinajstić information content (AvgIpc) is 3.68. The number of hydrogen-bond donors (Lipinski definition) is 3. The van der Waals surface area contributed by atoms with Crippen molar-refractivity contribution < 1.29 is 29.3 Å². The second-order valence-corrected chi connectivity index (χ2v) is 18.4. The SMILES string of the molecule is CN(C)OCCO[C@@H]1[C@H](O)[C@@H](C(O)[Si](c2ccccc2)(c2ccccc2)C(C)(C)C)O[C@H]1n1cnc2c(NC(=O)c3ccccc3)ncnc21. The molecule has 1 amide bonds. The van der Waals surface area contributed by atoms with Crippen molar-refractivity contribution in [1.82, 2.24) is 24.6 Å². The van der Waals surface area contributed by atoms with E-state index in [4.69, 9.17) is 14.3 Å². The van der Waals surface area contributed by atoms with Gasteiger partial charge in [-0.15, -0.1) is 0 Å². The highest BCUT2D eigenvalue weighted by atomic mass is 28.3. The minimum Gasteiger partial charge on any atom is -0.393 e. The highest BCUT2D eigenvalue weighted by molar-refractivity contribution is 7.05. The molecular weight excluding hydrogens is 653 g/mol. The van der Waals surface area contributed by atoms with Crippen LogP contribution in [0.5, 0.6) is 0 Å². The van der Waals surface area contributed by atoms with Gasteiger partial charge in [-0.2, -0.15) is 5.06 Å². The molecule has 0 radical (unpaired) electrons. The smallest absolute Gasteiger partial charge is 0.256 e. The summed E-state index contributed by atoms with van der Waals surface area (Å²) in [5.41, 5.74) is 0.0518. The van der Waals surface area contributed by atoms with Crippen LogP contribution in [-0.2, 0) is 14.3 Å². The van der Waals surface area contributed by atoms with Crippen LogP contribution in [0.15, 0.2) is 104 Å². The number of hydroxylamine groups is 2. The highest BCUT2D eigenvalue weighted by Gasteiger charge is 2.60. The van der Waals surface area contributed by atoms with Crippen LogP contribution in [0.4, 0.5) is 5.82 Å². The molecular formula is C37H44N6O6Si. The second kappa shape index (κ2) is 14.9. The molecule has 1 aliphatic rings. The molecule has 0 saturated carbocycles. The predicted octanol–water partition coefficient (Wildman–Crippen LogP) is 3.18. The molecule has 2 aromatic heterocycles. The van der Waals surface area contributed by atoms with Crippen LogP contribution < -0.4 is 15.7 Å². The van der Waals surface area contributed by atoms with Crippen LogP contribution in [0.25, 0.3) is 11.2 Å². The minimum absolute atomic E-state index is 0.141. The molecule has 50 heavy (non-hydrogen) atoms. The van der Waals surface area contributed by atoms with Crippen molar-refractivity contribution in [2.75, 3.05) is 32.6 Å². The Morgan fingerprint density at radius 3 is 2.12 bits per heavy atom. The molecule has 1 saturated heterocycles. The number of rotatable bonds is 12. The molecule has 3 aromatic carbocycles. The largest absolute Gasteiger partial charge is 0.393 e. The van der Waals surface area contributed by atoms with E-state index in [0.29, 0.717) is 16.7 Å². The summed E-state index contributed by atoms with van der Waals surface area (Å²) in [6, 6.07) is 28.9. The van der Waals surface area contributed by atoms with E-state index in [-0.39, 0.29) is 24.9 Å². The molecule has 262 valence electrons. The number of nitrogens with zero attached hydrogens (tertiary/aromatic N) is 5. The lowest BCUT2D eigenvalue weighted by Gasteiger charge is -2.48. The number of aliphatic hydroxyl groups excluding tert-OH is 2. The van der Waals surface area contributed by atoms with Crippen molar-refractivity contribution >= 4 is 41.3 Å². The molecule has 0 spiro atoms. The quantitative estimate of drug-likeness (QED) is 0.101. The number of carbonyl (C=O) groups excluding carboxylic acids is 1. The second-order valence-electron chi connectivity index (χ2n) is 13.6. The summed E-state index contributed by atoms with van der Waals surface area (Å²) in [6.07, 6.45) is -1.32. The Hall–Kier alpha value is -4.34. The molecule has 12 nitrogen and oxygen atoms in total. The van der Waals surface area contributed by atoms with Crippen molar-refractivity contribution in [3.8, 4) is 0 Å². The number of aromatic nitrogens is 4. The summed E-state index contributed by atoms with van der Waals surface area (Å²) in [7, 11) is 0.368. The van der Waals surface area contributed by atoms with E-state index in [1.54, 1.807) is 48.0 Å². The molecule has 0 bridgehead atoms. The number of hydrogen-bond acceptors (Lipinski definition) is 10. The van der Waals surface area contributed by atoms with Crippen molar-refractivity contribution in [1.29, 1.82) is 0 Å². The predicted molar refractivity (Wildman–Crippen MR) is 193 cm³/mol. The molecule has 1 aliphatic heterocycles. The van der Waals surface area contributed by atoms with Crippen molar-refractivity contribution in [3.05, 3.63) is 109 Å². The van der Waals surface area contributed by atoms with Gasteiger partial charge in [0.1, 0.15) is 24.6 Å². The molecule has 1 unspecified atom stereocenters. The standard InChI is InChI=1S/C37H44N6O6Si/c1-37(2,3)50(26-17-11-7-12-18-26,27-19-13-8-14-20-27)36(46)31-29(44)30(47-21-22-48-42(4)5)35(49-31)43-24-40-28-32(38-23-39-33(28)43)41-34(45)25-15-9-6-10-16-25/h6-20,23-24,29-31,35-36,44,46H,21-22H2,1-5H3,(H,38,39,41,45)/t29-,30+,31-,35+,36?/m0/s1. The van der Waals surface area contributed by atoms with E-state index in [0.717, 1.165) is 10.4 Å². The van der Waals surface area contributed by atoms with Gasteiger partial charge >= 0.3 is 0 Å². The van der Waals surface area contributed by atoms with Crippen molar-refractivity contribution in [2.24, 2.45) is 0 Å². The monoisotopic (exact) mass is 696 g/mol. The molecule has 1 fully saturated rings. The van der Waals surface area contributed by atoms with E-state index in [2.05, 4.69) is 65.3 Å². The number of ether oxygens (including phenoxy) is 2. The number of carbonyl (C=O) groups is 1. The third-order valence-corrected chi connectivity index (χ3v) is 15.4. The summed E-state index contributed by atoms with van der Waals surface area (Å²) in [5.74, 6) is -0.120. The van der Waals surface area contributed by atoms with Crippen LogP contribution in [0, 0.1) is 0 Å². The Balaban J connectivity index is 1.41. The van der Waals surface area contributed by atoms with Crippen LogP contribution in [-0.4, -0.2) is 100 Å². The van der Waals surface area contributed by atoms with E-state index >= 15 is 0 Å². The Morgan fingerprint density at radius 1 is 0.940 bits per heavy atom. The molecule has 3 N–H and O–H groups in total. The zero-order valence-corrected chi connectivity index (χ0v) is 29.9.